The number of aryl methyl sites for hydroxylation is 1. The third-order valence-electron chi connectivity index (χ3n) is 3.43. The molecule has 2 aromatic rings. The third kappa shape index (κ3) is 3.27. The molecule has 0 spiro atoms. The summed E-state index contributed by atoms with van der Waals surface area (Å²) in [5.74, 6) is -8.10. The van der Waals surface area contributed by atoms with E-state index in [1.807, 2.05) is 0 Å². The Bertz CT molecular complexity index is 844. The molecule has 5 nitrogen and oxygen atoms in total. The van der Waals surface area contributed by atoms with Crippen LogP contribution in [0.15, 0.2) is 27.4 Å². The second-order valence-corrected chi connectivity index (χ2v) is 5.03. The van der Waals surface area contributed by atoms with Crippen LogP contribution in [0.2, 0.25) is 0 Å². The Kier molecular flexibility index (Phi) is 4.96. The molecule has 1 aromatic carbocycles. The van der Waals surface area contributed by atoms with Crippen LogP contribution in [0.1, 0.15) is 29.4 Å². The van der Waals surface area contributed by atoms with E-state index in [0.717, 1.165) is 19.2 Å². The molecule has 0 saturated heterocycles. The van der Waals surface area contributed by atoms with Crippen LogP contribution in [-0.2, 0) is 9.53 Å². The maximum atomic E-state index is 14.1. The first-order valence-corrected chi connectivity index (χ1v) is 6.80. The SMILES string of the molecule is COC(=O)CC(c1ccc(F)c(F)c1F)c1oc(C)cc(=O)c1O. The number of hydrogen-bond donors (Lipinski definition) is 1. The summed E-state index contributed by atoms with van der Waals surface area (Å²) in [6.07, 6.45) is -0.557. The molecule has 1 atom stereocenters. The zero-order valence-corrected chi connectivity index (χ0v) is 12.7. The number of carbonyl (C=O) groups is 1. The number of hydrogen-bond acceptors (Lipinski definition) is 5. The molecule has 0 aliphatic carbocycles. The van der Waals surface area contributed by atoms with Gasteiger partial charge in [0.05, 0.1) is 19.4 Å². The van der Waals surface area contributed by atoms with Crippen molar-refractivity contribution in [1.82, 2.24) is 0 Å². The van der Waals surface area contributed by atoms with E-state index in [0.29, 0.717) is 6.07 Å². The lowest BCUT2D eigenvalue weighted by Crippen LogP contribution is -2.15. The summed E-state index contributed by atoms with van der Waals surface area (Å²) in [6, 6.07) is 2.57. The van der Waals surface area contributed by atoms with E-state index in [-0.39, 0.29) is 5.76 Å². The lowest BCUT2D eigenvalue weighted by molar-refractivity contribution is -0.140. The molecule has 0 amide bonds. The van der Waals surface area contributed by atoms with Crippen LogP contribution in [0.25, 0.3) is 0 Å². The van der Waals surface area contributed by atoms with E-state index in [1.54, 1.807) is 0 Å². The first kappa shape index (κ1) is 17.6. The van der Waals surface area contributed by atoms with Crippen molar-refractivity contribution in [2.24, 2.45) is 0 Å². The van der Waals surface area contributed by atoms with Crippen LogP contribution < -0.4 is 5.43 Å². The minimum Gasteiger partial charge on any atom is -0.502 e. The number of methoxy groups -OCH3 is 1. The van der Waals surface area contributed by atoms with E-state index in [9.17, 15) is 27.9 Å². The average molecular weight is 342 g/mol. The largest absolute Gasteiger partial charge is 0.502 e. The van der Waals surface area contributed by atoms with E-state index >= 15 is 0 Å². The summed E-state index contributed by atoms with van der Waals surface area (Å²) in [5.41, 5.74) is -1.27. The Morgan fingerprint density at radius 2 is 1.96 bits per heavy atom. The molecule has 1 heterocycles. The van der Waals surface area contributed by atoms with Gasteiger partial charge in [-0.2, -0.15) is 0 Å². The molecule has 0 fully saturated rings. The van der Waals surface area contributed by atoms with E-state index in [2.05, 4.69) is 4.74 Å². The van der Waals surface area contributed by atoms with Crippen molar-refractivity contribution in [3.63, 3.8) is 0 Å². The Morgan fingerprint density at radius 3 is 2.58 bits per heavy atom. The number of halogens is 3. The maximum Gasteiger partial charge on any atom is 0.306 e. The lowest BCUT2D eigenvalue weighted by atomic mass is 9.91. The van der Waals surface area contributed by atoms with E-state index in [1.165, 1.54) is 6.92 Å². The van der Waals surface area contributed by atoms with Crippen molar-refractivity contribution in [3.05, 3.63) is 63.0 Å². The predicted octanol–water partition coefficient (Wildman–Crippen LogP) is 2.77. The van der Waals surface area contributed by atoms with Gasteiger partial charge in [0.15, 0.2) is 23.2 Å². The van der Waals surface area contributed by atoms with Gasteiger partial charge in [-0.05, 0) is 13.0 Å². The molecule has 8 heteroatoms. The van der Waals surface area contributed by atoms with Gasteiger partial charge in [0.2, 0.25) is 11.2 Å². The molecular weight excluding hydrogens is 329 g/mol. The minimum atomic E-state index is -1.74. The van der Waals surface area contributed by atoms with Gasteiger partial charge in [-0.25, -0.2) is 13.2 Å². The molecule has 0 saturated carbocycles. The fraction of sp³-hybridized carbons (Fsp3) is 0.250. The van der Waals surface area contributed by atoms with Crippen molar-refractivity contribution >= 4 is 5.97 Å². The number of aromatic hydroxyl groups is 1. The number of ether oxygens (including phenoxy) is 1. The third-order valence-corrected chi connectivity index (χ3v) is 3.43. The molecule has 128 valence electrons. The van der Waals surface area contributed by atoms with Crippen LogP contribution in [0, 0.1) is 24.4 Å². The highest BCUT2D eigenvalue weighted by molar-refractivity contribution is 5.71. The maximum absolute atomic E-state index is 14.1. The monoisotopic (exact) mass is 342 g/mol. The highest BCUT2D eigenvalue weighted by Crippen LogP contribution is 2.35. The standard InChI is InChI=1S/C16H13F3O5/c1-7-5-11(20)15(22)16(24-7)9(6-12(21)23-2)8-3-4-10(17)14(19)13(8)18/h3-5,9,22H,6H2,1-2H3. The van der Waals surface area contributed by atoms with Crippen molar-refractivity contribution < 1.29 is 32.2 Å². The van der Waals surface area contributed by atoms with Gasteiger partial charge in [-0.1, -0.05) is 6.07 Å². The molecule has 2 rings (SSSR count). The summed E-state index contributed by atoms with van der Waals surface area (Å²) in [5, 5.41) is 9.91. The molecular formula is C16H13F3O5. The van der Waals surface area contributed by atoms with Crippen LogP contribution in [-0.4, -0.2) is 18.2 Å². The van der Waals surface area contributed by atoms with Crippen LogP contribution >= 0.6 is 0 Å². The predicted molar refractivity (Wildman–Crippen MR) is 76.2 cm³/mol. The number of carbonyl (C=O) groups excluding carboxylic acids is 1. The van der Waals surface area contributed by atoms with Crippen LogP contribution in [0.3, 0.4) is 0 Å². The molecule has 0 aliphatic heterocycles. The van der Waals surface area contributed by atoms with E-state index in [4.69, 9.17) is 4.42 Å². The van der Waals surface area contributed by atoms with E-state index < -0.39 is 58.3 Å². The first-order valence-electron chi connectivity index (χ1n) is 6.80. The van der Waals surface area contributed by atoms with Gasteiger partial charge in [0.25, 0.3) is 0 Å². The molecule has 0 aliphatic rings. The quantitative estimate of drug-likeness (QED) is 0.683. The second-order valence-electron chi connectivity index (χ2n) is 5.03. The fourth-order valence-corrected chi connectivity index (χ4v) is 2.27. The summed E-state index contributed by atoms with van der Waals surface area (Å²) >= 11 is 0. The average Bonchev–Trinajstić information content (AvgIpc) is 2.54. The van der Waals surface area contributed by atoms with Crippen molar-refractivity contribution in [1.29, 1.82) is 0 Å². The second kappa shape index (κ2) is 6.77. The van der Waals surface area contributed by atoms with Gasteiger partial charge in [-0.15, -0.1) is 0 Å². The topological polar surface area (TPSA) is 76.7 Å². The number of esters is 1. The molecule has 24 heavy (non-hydrogen) atoms. The molecule has 1 aromatic heterocycles. The zero-order valence-electron chi connectivity index (χ0n) is 12.7. The Hall–Kier alpha value is -2.77. The molecule has 0 radical (unpaired) electrons. The zero-order chi connectivity index (χ0) is 18.0. The van der Waals surface area contributed by atoms with Gasteiger partial charge in [-0.3, -0.25) is 9.59 Å². The Labute approximate surface area is 134 Å². The highest BCUT2D eigenvalue weighted by Gasteiger charge is 2.30. The van der Waals surface area contributed by atoms with Gasteiger partial charge in [0.1, 0.15) is 5.76 Å². The van der Waals surface area contributed by atoms with Gasteiger partial charge in [0, 0.05) is 11.6 Å². The van der Waals surface area contributed by atoms with Crippen molar-refractivity contribution in [2.45, 2.75) is 19.3 Å². The lowest BCUT2D eigenvalue weighted by Gasteiger charge is -2.18. The van der Waals surface area contributed by atoms with Crippen molar-refractivity contribution in [2.75, 3.05) is 7.11 Å². The Morgan fingerprint density at radius 1 is 1.29 bits per heavy atom. The van der Waals surface area contributed by atoms with Crippen molar-refractivity contribution in [3.8, 4) is 5.75 Å². The van der Waals surface area contributed by atoms with Gasteiger partial charge >= 0.3 is 5.97 Å². The highest BCUT2D eigenvalue weighted by atomic mass is 19.2. The summed E-state index contributed by atoms with van der Waals surface area (Å²) in [4.78, 5) is 23.3. The summed E-state index contributed by atoms with van der Waals surface area (Å²) in [6.45, 7) is 1.40. The Balaban J connectivity index is 2.69. The minimum absolute atomic E-state index is 0.0886. The summed E-state index contributed by atoms with van der Waals surface area (Å²) < 4.78 is 50.5. The molecule has 0 bridgehead atoms. The number of benzene rings is 1. The van der Waals surface area contributed by atoms with Gasteiger partial charge < -0.3 is 14.3 Å². The summed E-state index contributed by atoms with van der Waals surface area (Å²) in [7, 11) is 1.08. The molecule has 1 N–H and O–H groups in total. The van der Waals surface area contributed by atoms with Crippen LogP contribution in [0.4, 0.5) is 13.2 Å². The molecule has 1 unspecified atom stereocenters. The number of rotatable bonds is 4. The van der Waals surface area contributed by atoms with Crippen LogP contribution in [0.5, 0.6) is 5.75 Å². The normalized spacial score (nSPS) is 12.0. The fourth-order valence-electron chi connectivity index (χ4n) is 2.27. The first-order chi connectivity index (χ1) is 11.3. The smallest absolute Gasteiger partial charge is 0.306 e.